The third kappa shape index (κ3) is 4.89. The van der Waals surface area contributed by atoms with Gasteiger partial charge in [0.2, 0.25) is 0 Å². The topological polar surface area (TPSA) is 123 Å². The van der Waals surface area contributed by atoms with Gasteiger partial charge < -0.3 is 19.5 Å². The van der Waals surface area contributed by atoms with Crippen LogP contribution in [0.5, 0.6) is 11.5 Å². The summed E-state index contributed by atoms with van der Waals surface area (Å²) in [5.74, 6) is -1.14. The van der Waals surface area contributed by atoms with Crippen LogP contribution >= 0.6 is 0 Å². The van der Waals surface area contributed by atoms with Crippen molar-refractivity contribution in [2.75, 3.05) is 19.8 Å². The van der Waals surface area contributed by atoms with Crippen molar-refractivity contribution in [3.8, 4) is 11.5 Å². The smallest absolute Gasteiger partial charge is 0.344 e. The molecule has 2 aliphatic rings. The van der Waals surface area contributed by atoms with Crippen LogP contribution in [0.25, 0.3) is 0 Å². The minimum absolute atomic E-state index is 0.177. The Morgan fingerprint density at radius 1 is 1.06 bits per heavy atom. The van der Waals surface area contributed by atoms with Gasteiger partial charge in [0, 0.05) is 0 Å². The molecule has 0 radical (unpaired) electrons. The molecule has 1 aliphatic heterocycles. The van der Waals surface area contributed by atoms with Crippen LogP contribution in [0.1, 0.15) is 56.3 Å². The maximum atomic E-state index is 12.7. The molecular weight excluding hydrogens is 406 g/mol. The minimum Gasteiger partial charge on any atom is -0.490 e. The summed E-state index contributed by atoms with van der Waals surface area (Å²) in [4.78, 5) is 49.4. The maximum absolute atomic E-state index is 12.7. The molecule has 0 atom stereocenters. The van der Waals surface area contributed by atoms with Gasteiger partial charge in [-0.05, 0) is 44.9 Å². The highest BCUT2D eigenvalue weighted by molar-refractivity contribution is 6.08. The van der Waals surface area contributed by atoms with E-state index in [1.165, 1.54) is 12.1 Å². The summed E-state index contributed by atoms with van der Waals surface area (Å²) in [6, 6.07) is 3.87. The van der Waals surface area contributed by atoms with Crippen molar-refractivity contribution >= 4 is 23.8 Å². The molecule has 1 aromatic rings. The van der Waals surface area contributed by atoms with E-state index in [-0.39, 0.29) is 5.56 Å². The number of imide groups is 1. The highest BCUT2D eigenvalue weighted by Crippen LogP contribution is 2.33. The lowest BCUT2D eigenvalue weighted by atomic mass is 9.82. The predicted molar refractivity (Wildman–Crippen MR) is 108 cm³/mol. The normalized spacial score (nSPS) is 17.3. The van der Waals surface area contributed by atoms with Crippen molar-refractivity contribution in [1.82, 2.24) is 15.8 Å². The number of hydrazine groups is 1. The fourth-order valence-electron chi connectivity index (χ4n) is 3.77. The SMILES string of the molecule is CCOc1ccc(C(=O)OCC(=O)NN2C(=O)NC3(CCCCC3)C2=O)cc1OCC. The number of ether oxygens (including phenoxy) is 3. The van der Waals surface area contributed by atoms with Crippen LogP contribution < -0.4 is 20.2 Å². The van der Waals surface area contributed by atoms with Gasteiger partial charge >= 0.3 is 12.0 Å². The fourth-order valence-corrected chi connectivity index (χ4v) is 3.77. The molecule has 10 heteroatoms. The summed E-state index contributed by atoms with van der Waals surface area (Å²) in [6.07, 6.45) is 3.75. The highest BCUT2D eigenvalue weighted by atomic mass is 16.5. The molecule has 4 amide bonds. The highest BCUT2D eigenvalue weighted by Gasteiger charge is 2.52. The zero-order valence-electron chi connectivity index (χ0n) is 17.7. The Morgan fingerprint density at radius 3 is 2.42 bits per heavy atom. The largest absolute Gasteiger partial charge is 0.490 e. The average Bonchev–Trinajstić information content (AvgIpc) is 2.98. The van der Waals surface area contributed by atoms with Gasteiger partial charge in [-0.15, -0.1) is 0 Å². The molecule has 1 heterocycles. The lowest BCUT2D eigenvalue weighted by Crippen LogP contribution is -2.51. The minimum atomic E-state index is -0.947. The molecule has 1 saturated carbocycles. The Balaban J connectivity index is 1.57. The molecule has 1 aromatic carbocycles. The first-order chi connectivity index (χ1) is 14.9. The van der Waals surface area contributed by atoms with Crippen LogP contribution in [-0.2, 0) is 14.3 Å². The molecule has 10 nitrogen and oxygen atoms in total. The molecule has 168 valence electrons. The van der Waals surface area contributed by atoms with Crippen molar-refractivity contribution in [2.24, 2.45) is 0 Å². The first-order valence-corrected chi connectivity index (χ1v) is 10.4. The van der Waals surface area contributed by atoms with Gasteiger partial charge in [-0.3, -0.25) is 15.0 Å². The molecule has 1 aliphatic carbocycles. The molecule has 2 fully saturated rings. The van der Waals surface area contributed by atoms with Crippen molar-refractivity contribution in [3.05, 3.63) is 23.8 Å². The van der Waals surface area contributed by atoms with Crippen molar-refractivity contribution in [1.29, 1.82) is 0 Å². The first kappa shape index (κ1) is 22.4. The summed E-state index contributed by atoms with van der Waals surface area (Å²) in [5.41, 5.74) is 1.45. The Hall–Kier alpha value is -3.30. The van der Waals surface area contributed by atoms with Crippen LogP contribution in [0.4, 0.5) is 4.79 Å². The van der Waals surface area contributed by atoms with Gasteiger partial charge in [0.15, 0.2) is 18.1 Å². The maximum Gasteiger partial charge on any atom is 0.344 e. The molecule has 1 saturated heterocycles. The monoisotopic (exact) mass is 433 g/mol. The number of hydrogen-bond donors (Lipinski definition) is 2. The number of carbonyl (C=O) groups excluding carboxylic acids is 4. The third-order valence-corrected chi connectivity index (χ3v) is 5.22. The van der Waals surface area contributed by atoms with Crippen LogP contribution in [0, 0.1) is 0 Å². The van der Waals surface area contributed by atoms with Gasteiger partial charge in [-0.1, -0.05) is 19.3 Å². The summed E-state index contributed by atoms with van der Waals surface area (Å²) in [7, 11) is 0. The second-order valence-electron chi connectivity index (χ2n) is 7.35. The van der Waals surface area contributed by atoms with Crippen molar-refractivity contribution < 1.29 is 33.4 Å². The van der Waals surface area contributed by atoms with E-state index < -0.39 is 36.0 Å². The van der Waals surface area contributed by atoms with Crippen LogP contribution in [-0.4, -0.2) is 54.2 Å². The molecule has 2 N–H and O–H groups in total. The van der Waals surface area contributed by atoms with Crippen molar-refractivity contribution in [3.63, 3.8) is 0 Å². The molecule has 1 spiro atoms. The van der Waals surface area contributed by atoms with E-state index >= 15 is 0 Å². The second kappa shape index (κ2) is 9.67. The second-order valence-corrected chi connectivity index (χ2v) is 7.35. The zero-order valence-corrected chi connectivity index (χ0v) is 17.7. The number of nitrogens with zero attached hydrogens (tertiary/aromatic N) is 1. The Morgan fingerprint density at radius 2 is 1.74 bits per heavy atom. The van der Waals surface area contributed by atoms with E-state index in [1.807, 2.05) is 6.92 Å². The first-order valence-electron chi connectivity index (χ1n) is 10.4. The predicted octanol–water partition coefficient (Wildman–Crippen LogP) is 1.93. The number of carbonyl (C=O) groups is 4. The molecule has 0 unspecified atom stereocenters. The summed E-state index contributed by atoms with van der Waals surface area (Å²) in [6.45, 7) is 3.80. The summed E-state index contributed by atoms with van der Waals surface area (Å²) >= 11 is 0. The lowest BCUT2D eigenvalue weighted by Gasteiger charge is -2.30. The van der Waals surface area contributed by atoms with Crippen molar-refractivity contribution in [2.45, 2.75) is 51.5 Å². The third-order valence-electron chi connectivity index (χ3n) is 5.22. The van der Waals surface area contributed by atoms with E-state index in [0.29, 0.717) is 42.6 Å². The zero-order chi connectivity index (χ0) is 22.4. The number of hydrogen-bond acceptors (Lipinski definition) is 7. The molecule has 31 heavy (non-hydrogen) atoms. The number of rotatable bonds is 8. The standard InChI is InChI=1S/C21H27N3O7/c1-3-29-15-9-8-14(12-16(15)30-4-2)18(26)31-13-17(25)23-24-19(27)21(22-20(24)28)10-6-5-7-11-21/h8-9,12H,3-7,10-11,13H2,1-2H3,(H,22,28)(H,23,25). The summed E-state index contributed by atoms with van der Waals surface area (Å²) < 4.78 is 15.9. The number of benzene rings is 1. The van der Waals surface area contributed by atoms with Gasteiger partial charge in [-0.2, -0.15) is 5.01 Å². The van der Waals surface area contributed by atoms with Gasteiger partial charge in [0.05, 0.1) is 18.8 Å². The van der Waals surface area contributed by atoms with Crippen LogP contribution in [0.3, 0.4) is 0 Å². The van der Waals surface area contributed by atoms with E-state index in [1.54, 1.807) is 13.0 Å². The molecule has 0 aromatic heterocycles. The quantitative estimate of drug-likeness (QED) is 0.474. The Kier molecular flexibility index (Phi) is 6.98. The molecule has 3 rings (SSSR count). The van der Waals surface area contributed by atoms with E-state index in [4.69, 9.17) is 14.2 Å². The molecular formula is C21H27N3O7. The number of esters is 1. The van der Waals surface area contributed by atoms with E-state index in [9.17, 15) is 19.2 Å². The van der Waals surface area contributed by atoms with Gasteiger partial charge in [0.1, 0.15) is 5.54 Å². The lowest BCUT2D eigenvalue weighted by molar-refractivity contribution is -0.140. The van der Waals surface area contributed by atoms with E-state index in [2.05, 4.69) is 10.7 Å². The molecule has 0 bridgehead atoms. The Labute approximate surface area is 180 Å². The number of nitrogens with one attached hydrogen (secondary N) is 2. The summed E-state index contributed by atoms with van der Waals surface area (Å²) in [5, 5.41) is 3.36. The van der Waals surface area contributed by atoms with Crippen LogP contribution in [0.15, 0.2) is 18.2 Å². The van der Waals surface area contributed by atoms with E-state index in [0.717, 1.165) is 19.3 Å². The number of urea groups is 1. The average molecular weight is 433 g/mol. The van der Waals surface area contributed by atoms with Gasteiger partial charge in [0.25, 0.3) is 11.8 Å². The fraction of sp³-hybridized carbons (Fsp3) is 0.524. The van der Waals surface area contributed by atoms with Gasteiger partial charge in [-0.25, -0.2) is 9.59 Å². The van der Waals surface area contributed by atoms with Crippen LogP contribution in [0.2, 0.25) is 0 Å². The Bertz CT molecular complexity index is 865. The number of amides is 4.